The van der Waals surface area contributed by atoms with Crippen molar-refractivity contribution < 1.29 is 14.4 Å². The Morgan fingerprint density at radius 2 is 1.97 bits per heavy atom. The molecule has 4 aliphatic rings. The number of likely N-dealkylation sites (tertiary alicyclic amines) is 1. The summed E-state index contributed by atoms with van der Waals surface area (Å²) in [7, 11) is 1.57. The molecule has 0 aromatic heterocycles. The number of nitrogens with one attached hydrogen (secondary N) is 2. The predicted molar refractivity (Wildman–Crippen MR) is 135 cm³/mol. The van der Waals surface area contributed by atoms with Crippen molar-refractivity contribution in [2.45, 2.75) is 51.1 Å². The van der Waals surface area contributed by atoms with Crippen LogP contribution in [0.1, 0.15) is 54.4 Å². The van der Waals surface area contributed by atoms with E-state index in [0.29, 0.717) is 23.9 Å². The highest BCUT2D eigenvalue weighted by Gasteiger charge is 2.45. The van der Waals surface area contributed by atoms with Gasteiger partial charge in [0, 0.05) is 56.3 Å². The van der Waals surface area contributed by atoms with E-state index in [1.165, 1.54) is 58.4 Å². The first kappa shape index (κ1) is 24.3. The number of hydrogen-bond acceptors (Lipinski definition) is 6. The number of rotatable bonds is 8. The number of aldehydes is 1. The zero-order chi connectivity index (χ0) is 24.4. The van der Waals surface area contributed by atoms with Crippen molar-refractivity contribution in [2.24, 2.45) is 11.3 Å². The summed E-state index contributed by atoms with van der Waals surface area (Å²) < 4.78 is 0. The lowest BCUT2D eigenvalue weighted by Gasteiger charge is -2.55. The summed E-state index contributed by atoms with van der Waals surface area (Å²) >= 11 is 0. The first-order valence-electron chi connectivity index (χ1n) is 13.3. The van der Waals surface area contributed by atoms with E-state index in [-0.39, 0.29) is 18.2 Å². The molecule has 0 radical (unpaired) electrons. The van der Waals surface area contributed by atoms with Gasteiger partial charge in [0.15, 0.2) is 0 Å². The summed E-state index contributed by atoms with van der Waals surface area (Å²) in [5.41, 5.74) is 3.17. The average Bonchev–Trinajstić information content (AvgIpc) is 3.19. The van der Waals surface area contributed by atoms with Gasteiger partial charge < -0.3 is 30.1 Å². The minimum atomic E-state index is -0.615. The Bertz CT molecular complexity index is 944. The van der Waals surface area contributed by atoms with Gasteiger partial charge in [-0.05, 0) is 81.9 Å². The number of fused-ring (bicyclic) bond motifs is 1. The minimum Gasteiger partial charge on any atom is -0.370 e. The maximum absolute atomic E-state index is 13.2. The number of benzene rings is 1. The number of piperidine rings is 2. The molecule has 1 aromatic rings. The molecular formula is C27H39N5O3. The van der Waals surface area contributed by atoms with Crippen molar-refractivity contribution in [3.05, 3.63) is 29.3 Å². The van der Waals surface area contributed by atoms with E-state index in [1.807, 2.05) is 12.1 Å². The molecule has 3 fully saturated rings. The number of nitrogens with zero attached hydrogens (tertiary/aromatic N) is 3. The number of carbonyl (C=O) groups is 3. The SMILES string of the molecule is CNC(=O)C(CCC=O)N1Cc2ccc(N3CC4(CCN(CC5CCNCC5)CC4)C3)cc2C1=O. The topological polar surface area (TPSA) is 85.0 Å². The number of carbonyl (C=O) groups excluding carboxylic acids is 3. The maximum atomic E-state index is 13.2. The molecule has 1 spiro atoms. The Hall–Kier alpha value is -2.45. The summed E-state index contributed by atoms with van der Waals surface area (Å²) in [4.78, 5) is 43.2. The van der Waals surface area contributed by atoms with Gasteiger partial charge in [-0.25, -0.2) is 0 Å². The van der Waals surface area contributed by atoms with E-state index in [9.17, 15) is 14.4 Å². The molecule has 5 rings (SSSR count). The standard InChI is InChI=1S/C27H39N5O3/c1-28-25(34)24(3-2-14-33)32-17-21-4-5-22(15-23(21)26(32)35)31-18-27(19-31)8-12-30(13-9-27)16-20-6-10-29-11-7-20/h4-5,14-15,20,24,29H,2-3,6-13,16-19H2,1H3,(H,28,34). The van der Waals surface area contributed by atoms with Crippen LogP contribution in [0.2, 0.25) is 0 Å². The van der Waals surface area contributed by atoms with Crippen LogP contribution in [0.3, 0.4) is 0 Å². The van der Waals surface area contributed by atoms with Gasteiger partial charge in [-0.2, -0.15) is 0 Å². The van der Waals surface area contributed by atoms with Crippen molar-refractivity contribution in [3.63, 3.8) is 0 Å². The molecule has 8 nitrogen and oxygen atoms in total. The fourth-order valence-electron chi connectivity index (χ4n) is 6.48. The third kappa shape index (κ3) is 4.96. The van der Waals surface area contributed by atoms with Gasteiger partial charge >= 0.3 is 0 Å². The second-order valence-electron chi connectivity index (χ2n) is 11.0. The lowest BCUT2D eigenvalue weighted by molar-refractivity contribution is -0.125. The molecule has 0 aliphatic carbocycles. The van der Waals surface area contributed by atoms with Crippen molar-refractivity contribution in [3.8, 4) is 0 Å². The van der Waals surface area contributed by atoms with E-state index in [2.05, 4.69) is 26.5 Å². The van der Waals surface area contributed by atoms with E-state index in [4.69, 9.17) is 0 Å². The van der Waals surface area contributed by atoms with Gasteiger partial charge in [0.25, 0.3) is 5.91 Å². The lowest BCUT2D eigenvalue weighted by Crippen LogP contribution is -2.60. The fraction of sp³-hybridized carbons (Fsp3) is 0.667. The van der Waals surface area contributed by atoms with Gasteiger partial charge in [-0.3, -0.25) is 9.59 Å². The van der Waals surface area contributed by atoms with Crippen molar-refractivity contribution >= 4 is 23.8 Å². The van der Waals surface area contributed by atoms with Crippen LogP contribution in [-0.4, -0.2) is 86.8 Å². The minimum absolute atomic E-state index is 0.109. The van der Waals surface area contributed by atoms with E-state index >= 15 is 0 Å². The van der Waals surface area contributed by atoms with Crippen LogP contribution in [0.15, 0.2) is 18.2 Å². The summed E-state index contributed by atoms with van der Waals surface area (Å²) in [5, 5.41) is 6.11. The van der Waals surface area contributed by atoms with Crippen molar-refractivity contribution in [1.29, 1.82) is 0 Å². The molecule has 2 amide bonds. The van der Waals surface area contributed by atoms with E-state index in [1.54, 1.807) is 11.9 Å². The molecule has 3 saturated heterocycles. The van der Waals surface area contributed by atoms with Crippen molar-refractivity contribution in [2.75, 3.05) is 57.8 Å². The van der Waals surface area contributed by atoms with Gasteiger partial charge in [0.1, 0.15) is 12.3 Å². The lowest BCUT2D eigenvalue weighted by atomic mass is 9.71. The van der Waals surface area contributed by atoms with Crippen LogP contribution in [0.5, 0.6) is 0 Å². The van der Waals surface area contributed by atoms with Crippen LogP contribution in [0, 0.1) is 11.3 Å². The van der Waals surface area contributed by atoms with Crippen LogP contribution in [0.4, 0.5) is 5.69 Å². The molecule has 190 valence electrons. The summed E-state index contributed by atoms with van der Waals surface area (Å²) in [6.45, 7) is 8.55. The maximum Gasteiger partial charge on any atom is 0.255 e. The Labute approximate surface area is 208 Å². The van der Waals surface area contributed by atoms with Gasteiger partial charge in [0.05, 0.1) is 0 Å². The first-order valence-corrected chi connectivity index (χ1v) is 13.3. The summed E-state index contributed by atoms with van der Waals surface area (Å²) in [6.07, 6.45) is 6.55. The highest BCUT2D eigenvalue weighted by molar-refractivity contribution is 6.02. The molecule has 35 heavy (non-hydrogen) atoms. The highest BCUT2D eigenvalue weighted by Crippen LogP contribution is 2.43. The molecule has 1 aromatic carbocycles. The quantitative estimate of drug-likeness (QED) is 0.549. The molecule has 4 aliphatic heterocycles. The van der Waals surface area contributed by atoms with E-state index < -0.39 is 6.04 Å². The highest BCUT2D eigenvalue weighted by atomic mass is 16.2. The summed E-state index contributed by atoms with van der Waals surface area (Å²) in [5.74, 6) is 0.528. The second kappa shape index (κ2) is 10.3. The smallest absolute Gasteiger partial charge is 0.255 e. The first-order chi connectivity index (χ1) is 17.0. The molecule has 2 N–H and O–H groups in total. The average molecular weight is 482 g/mol. The largest absolute Gasteiger partial charge is 0.370 e. The third-order valence-electron chi connectivity index (χ3n) is 8.72. The van der Waals surface area contributed by atoms with Crippen LogP contribution in [-0.2, 0) is 16.1 Å². The second-order valence-corrected chi connectivity index (χ2v) is 11.0. The fourth-order valence-corrected chi connectivity index (χ4v) is 6.48. The number of amides is 2. The molecule has 1 atom stereocenters. The van der Waals surface area contributed by atoms with Crippen molar-refractivity contribution in [1.82, 2.24) is 20.4 Å². The predicted octanol–water partition coefficient (Wildman–Crippen LogP) is 1.64. The number of anilines is 1. The molecule has 8 heteroatoms. The third-order valence-corrected chi connectivity index (χ3v) is 8.72. The Morgan fingerprint density at radius 3 is 2.66 bits per heavy atom. The van der Waals surface area contributed by atoms with Crippen LogP contribution >= 0.6 is 0 Å². The normalized spacial score (nSPS) is 23.2. The molecule has 0 saturated carbocycles. The zero-order valence-corrected chi connectivity index (χ0v) is 20.9. The zero-order valence-electron chi connectivity index (χ0n) is 20.9. The summed E-state index contributed by atoms with van der Waals surface area (Å²) in [6, 6.07) is 5.55. The number of hydrogen-bond donors (Lipinski definition) is 2. The molecule has 1 unspecified atom stereocenters. The molecule has 4 heterocycles. The van der Waals surface area contributed by atoms with E-state index in [0.717, 1.165) is 36.5 Å². The Morgan fingerprint density at radius 1 is 1.23 bits per heavy atom. The number of likely N-dealkylation sites (N-methyl/N-ethyl adjacent to an activating group) is 1. The van der Waals surface area contributed by atoms with Gasteiger partial charge in [-0.1, -0.05) is 6.07 Å². The van der Waals surface area contributed by atoms with Crippen LogP contribution < -0.4 is 15.5 Å². The molecular weight excluding hydrogens is 442 g/mol. The van der Waals surface area contributed by atoms with Gasteiger partial charge in [0.2, 0.25) is 5.91 Å². The monoisotopic (exact) mass is 481 g/mol. The van der Waals surface area contributed by atoms with Gasteiger partial charge in [-0.15, -0.1) is 0 Å². The van der Waals surface area contributed by atoms with Crippen LogP contribution in [0.25, 0.3) is 0 Å². The molecule has 0 bridgehead atoms. The Balaban J connectivity index is 1.17. The Kier molecular flexibility index (Phi) is 7.12.